The molecule has 2 aliphatic carbocycles. The molecule has 0 N–H and O–H groups in total. The Hall–Kier alpha value is -1.51. The van der Waals surface area contributed by atoms with Crippen molar-refractivity contribution in [2.75, 3.05) is 13.2 Å². The van der Waals surface area contributed by atoms with E-state index < -0.39 is 0 Å². The van der Waals surface area contributed by atoms with Gasteiger partial charge >= 0.3 is 0 Å². The van der Waals surface area contributed by atoms with E-state index in [9.17, 15) is 4.79 Å². The van der Waals surface area contributed by atoms with Gasteiger partial charge in [0.05, 0.1) is 6.61 Å². The monoisotopic (exact) mass is 327 g/mol. The van der Waals surface area contributed by atoms with Crippen molar-refractivity contribution >= 4 is 6.41 Å². The third-order valence-electron chi connectivity index (χ3n) is 6.75. The van der Waals surface area contributed by atoms with Gasteiger partial charge in [-0.15, -0.1) is 0 Å². The number of nitrogens with zero attached hydrogens (tertiary/aromatic N) is 1. The molecular weight excluding hydrogens is 298 g/mol. The minimum Gasteiger partial charge on any atom is -0.494 e. The van der Waals surface area contributed by atoms with Crippen molar-refractivity contribution in [1.29, 1.82) is 0 Å². The van der Waals surface area contributed by atoms with Crippen molar-refractivity contribution in [3.63, 3.8) is 0 Å². The zero-order chi connectivity index (χ0) is 16.6. The molecule has 3 heteroatoms. The summed E-state index contributed by atoms with van der Waals surface area (Å²) in [5.41, 5.74) is 3.29. The number of fused-ring (bicyclic) bond motifs is 1. The Labute approximate surface area is 145 Å². The van der Waals surface area contributed by atoms with Crippen LogP contribution in [0.15, 0.2) is 18.2 Å². The first-order valence-electron chi connectivity index (χ1n) is 9.76. The number of carbonyl (C=O) groups excluding carboxylic acids is 1. The Balaban J connectivity index is 1.71. The molecule has 3 nitrogen and oxygen atoms in total. The Bertz CT molecular complexity index is 614. The summed E-state index contributed by atoms with van der Waals surface area (Å²) < 4.78 is 6.00. The number of piperidine rings is 1. The first-order chi connectivity index (χ1) is 11.8. The first-order valence-corrected chi connectivity index (χ1v) is 9.76. The van der Waals surface area contributed by atoms with Crippen LogP contribution in [-0.2, 0) is 16.6 Å². The van der Waals surface area contributed by atoms with E-state index in [0.29, 0.717) is 17.4 Å². The molecule has 2 fully saturated rings. The molecule has 130 valence electrons. The average molecular weight is 327 g/mol. The van der Waals surface area contributed by atoms with Crippen LogP contribution in [0.3, 0.4) is 0 Å². The van der Waals surface area contributed by atoms with Crippen LogP contribution in [-0.4, -0.2) is 30.5 Å². The third-order valence-corrected chi connectivity index (χ3v) is 6.75. The van der Waals surface area contributed by atoms with E-state index in [1.165, 1.54) is 37.7 Å². The van der Waals surface area contributed by atoms with Crippen molar-refractivity contribution in [3.8, 4) is 5.75 Å². The SMILES string of the molecule is CCCCOc1ccc2c(c1)[C@@]13CCCCC1[C@@H](C2)N(C=O)CC3. The topological polar surface area (TPSA) is 29.5 Å². The van der Waals surface area contributed by atoms with Gasteiger partial charge in [-0.3, -0.25) is 4.79 Å². The second-order valence-corrected chi connectivity index (χ2v) is 7.89. The van der Waals surface area contributed by atoms with E-state index in [-0.39, 0.29) is 0 Å². The lowest BCUT2D eigenvalue weighted by Crippen LogP contribution is -2.60. The fourth-order valence-electron chi connectivity index (χ4n) is 5.57. The van der Waals surface area contributed by atoms with Crippen LogP contribution in [0.2, 0.25) is 0 Å². The minimum atomic E-state index is 0.292. The summed E-state index contributed by atoms with van der Waals surface area (Å²) in [6.45, 7) is 3.93. The normalized spacial score (nSPS) is 31.1. The number of hydrogen-bond donors (Lipinski definition) is 0. The van der Waals surface area contributed by atoms with E-state index >= 15 is 0 Å². The summed E-state index contributed by atoms with van der Waals surface area (Å²) in [5.74, 6) is 1.68. The Morgan fingerprint density at radius 1 is 1.33 bits per heavy atom. The number of ether oxygens (including phenoxy) is 1. The van der Waals surface area contributed by atoms with E-state index in [1.807, 2.05) is 0 Å². The number of hydrogen-bond acceptors (Lipinski definition) is 2. The highest BCUT2D eigenvalue weighted by atomic mass is 16.5. The molecule has 1 aliphatic heterocycles. The molecule has 24 heavy (non-hydrogen) atoms. The largest absolute Gasteiger partial charge is 0.494 e. The average Bonchev–Trinajstić information content (AvgIpc) is 2.62. The smallest absolute Gasteiger partial charge is 0.209 e. The summed E-state index contributed by atoms with van der Waals surface area (Å²) in [6.07, 6.45) is 10.7. The Morgan fingerprint density at radius 2 is 2.25 bits per heavy atom. The van der Waals surface area contributed by atoms with Crippen molar-refractivity contribution in [3.05, 3.63) is 29.3 Å². The van der Waals surface area contributed by atoms with Crippen LogP contribution in [0.4, 0.5) is 0 Å². The zero-order valence-electron chi connectivity index (χ0n) is 14.8. The number of carbonyl (C=O) groups is 1. The van der Waals surface area contributed by atoms with E-state index in [2.05, 4.69) is 30.0 Å². The van der Waals surface area contributed by atoms with Gasteiger partial charge in [0, 0.05) is 18.0 Å². The number of unbranched alkanes of at least 4 members (excludes halogenated alkanes) is 1. The summed E-state index contributed by atoms with van der Waals surface area (Å²) in [7, 11) is 0. The van der Waals surface area contributed by atoms with Crippen molar-refractivity contribution in [2.24, 2.45) is 5.92 Å². The van der Waals surface area contributed by atoms with Crippen LogP contribution in [0.1, 0.15) is 63.0 Å². The summed E-state index contributed by atoms with van der Waals surface area (Å²) in [6, 6.07) is 7.16. The molecule has 4 rings (SSSR count). The molecule has 1 heterocycles. The molecule has 0 radical (unpaired) electrons. The van der Waals surface area contributed by atoms with Gasteiger partial charge < -0.3 is 9.64 Å². The maximum absolute atomic E-state index is 11.6. The predicted molar refractivity (Wildman–Crippen MR) is 95.4 cm³/mol. The minimum absolute atomic E-state index is 0.292. The zero-order valence-corrected chi connectivity index (χ0v) is 14.8. The second kappa shape index (κ2) is 6.42. The van der Waals surface area contributed by atoms with Crippen LogP contribution in [0.5, 0.6) is 5.75 Å². The van der Waals surface area contributed by atoms with Crippen LogP contribution >= 0.6 is 0 Å². The molecule has 0 aromatic heterocycles. The molecule has 1 aromatic rings. The number of benzene rings is 1. The third kappa shape index (κ3) is 2.44. The molecule has 1 saturated carbocycles. The molecule has 3 aliphatic rings. The molecule has 1 unspecified atom stereocenters. The van der Waals surface area contributed by atoms with Crippen LogP contribution in [0.25, 0.3) is 0 Å². The lowest BCUT2D eigenvalue weighted by Gasteiger charge is -2.58. The highest BCUT2D eigenvalue weighted by molar-refractivity contribution is 5.52. The highest BCUT2D eigenvalue weighted by Crippen LogP contribution is 2.55. The molecule has 1 amide bonds. The van der Waals surface area contributed by atoms with Gasteiger partial charge in [-0.25, -0.2) is 0 Å². The van der Waals surface area contributed by atoms with Crippen molar-refractivity contribution in [2.45, 2.75) is 69.7 Å². The maximum Gasteiger partial charge on any atom is 0.209 e. The van der Waals surface area contributed by atoms with Gasteiger partial charge in [0.2, 0.25) is 6.41 Å². The van der Waals surface area contributed by atoms with Gasteiger partial charge in [-0.05, 0) is 61.3 Å². The van der Waals surface area contributed by atoms with E-state index in [0.717, 1.165) is 44.6 Å². The molecule has 3 atom stereocenters. The fraction of sp³-hybridized carbons (Fsp3) is 0.667. The lowest BCUT2D eigenvalue weighted by atomic mass is 9.52. The van der Waals surface area contributed by atoms with Gasteiger partial charge in [0.25, 0.3) is 0 Å². The quantitative estimate of drug-likeness (QED) is 0.602. The molecule has 1 saturated heterocycles. The lowest BCUT2D eigenvalue weighted by molar-refractivity contribution is -0.126. The predicted octanol–water partition coefficient (Wildman–Crippen LogP) is 4.08. The number of rotatable bonds is 5. The van der Waals surface area contributed by atoms with Gasteiger partial charge in [-0.2, -0.15) is 0 Å². The first kappa shape index (κ1) is 16.0. The molecule has 1 aromatic carbocycles. The summed E-state index contributed by atoms with van der Waals surface area (Å²) in [5, 5.41) is 0. The standard InChI is InChI=1S/C21H29NO2/c1-2-3-12-24-17-8-7-16-13-20-18-6-4-5-9-21(18,19(16)14-17)10-11-22(20)15-23/h7-8,14-15,18,20H,2-6,9-13H2,1H3/t18?,20-,21-/m1/s1. The van der Waals surface area contributed by atoms with E-state index in [1.54, 1.807) is 5.56 Å². The second-order valence-electron chi connectivity index (χ2n) is 7.89. The van der Waals surface area contributed by atoms with Crippen LogP contribution < -0.4 is 4.74 Å². The highest BCUT2D eigenvalue weighted by Gasteiger charge is 2.53. The Morgan fingerprint density at radius 3 is 3.08 bits per heavy atom. The summed E-state index contributed by atoms with van der Waals surface area (Å²) >= 11 is 0. The maximum atomic E-state index is 11.6. The number of likely N-dealkylation sites (tertiary alicyclic amines) is 1. The fourth-order valence-corrected chi connectivity index (χ4v) is 5.57. The Kier molecular flexibility index (Phi) is 4.28. The van der Waals surface area contributed by atoms with E-state index in [4.69, 9.17) is 4.74 Å². The van der Waals surface area contributed by atoms with Crippen molar-refractivity contribution in [1.82, 2.24) is 4.90 Å². The molecule has 0 spiro atoms. The van der Waals surface area contributed by atoms with Gasteiger partial charge in [-0.1, -0.05) is 32.3 Å². The molecular formula is C21H29NO2. The molecule has 2 bridgehead atoms. The van der Waals surface area contributed by atoms with Gasteiger partial charge in [0.15, 0.2) is 0 Å². The van der Waals surface area contributed by atoms with Crippen molar-refractivity contribution < 1.29 is 9.53 Å². The van der Waals surface area contributed by atoms with Gasteiger partial charge in [0.1, 0.15) is 5.75 Å². The van der Waals surface area contributed by atoms with Crippen LogP contribution in [0, 0.1) is 5.92 Å². The number of amides is 1. The summed E-state index contributed by atoms with van der Waals surface area (Å²) in [4.78, 5) is 13.6.